The Morgan fingerprint density at radius 2 is 1.81 bits per heavy atom. The van der Waals surface area contributed by atoms with Gasteiger partial charge in [-0.15, -0.1) is 0 Å². The summed E-state index contributed by atoms with van der Waals surface area (Å²) in [6.45, 7) is 0.809. The predicted molar refractivity (Wildman–Crippen MR) is 106 cm³/mol. The van der Waals surface area contributed by atoms with Gasteiger partial charge in [-0.05, 0) is 55.4 Å². The van der Waals surface area contributed by atoms with Crippen LogP contribution in [-0.4, -0.2) is 48.6 Å². The Bertz CT molecular complexity index is 802. The number of alkyl halides is 4. The first-order valence-electron chi connectivity index (χ1n) is 10.3. The fourth-order valence-electron chi connectivity index (χ4n) is 4.08. The lowest BCUT2D eigenvalue weighted by Crippen LogP contribution is -2.59. The van der Waals surface area contributed by atoms with Gasteiger partial charge in [-0.25, -0.2) is 4.39 Å². The smallest absolute Gasteiger partial charge is 0.381 e. The molecule has 2 saturated heterocycles. The summed E-state index contributed by atoms with van der Waals surface area (Å²) < 4.78 is 57.1. The lowest BCUT2D eigenvalue weighted by Gasteiger charge is -2.39. The molecule has 0 atom stereocenters. The molecule has 6 nitrogen and oxygen atoms in total. The normalized spacial score (nSPS) is 19.8. The highest BCUT2D eigenvalue weighted by Crippen LogP contribution is 2.32. The van der Waals surface area contributed by atoms with Gasteiger partial charge in [0.05, 0.1) is 11.1 Å². The molecule has 3 N–H and O–H groups in total. The summed E-state index contributed by atoms with van der Waals surface area (Å²) in [4.78, 5) is 26.8. The molecule has 0 aromatic heterocycles. The summed E-state index contributed by atoms with van der Waals surface area (Å²) in [6, 6.07) is 2.72. The van der Waals surface area contributed by atoms with Crippen LogP contribution in [0.25, 0.3) is 0 Å². The Labute approximate surface area is 178 Å². The molecule has 2 aliphatic heterocycles. The van der Waals surface area contributed by atoms with Gasteiger partial charge < -0.3 is 20.7 Å². The molecule has 2 heterocycles. The Balaban J connectivity index is 1.53. The summed E-state index contributed by atoms with van der Waals surface area (Å²) in [7, 11) is 0. The minimum atomic E-state index is -4.63. The van der Waals surface area contributed by atoms with Gasteiger partial charge in [0, 0.05) is 38.4 Å². The molecule has 2 amide bonds. The number of hydrogen-bond donors (Lipinski definition) is 2. The SMILES string of the molecule is NC1(C(=O)N2CCC(CC(=O)Nc3cc(CF)cc(C(F)(F)F)c3)CC2)CCOCC1. The van der Waals surface area contributed by atoms with E-state index >= 15 is 0 Å². The molecular weight excluding hydrogens is 418 g/mol. The van der Waals surface area contributed by atoms with Gasteiger partial charge in [0.25, 0.3) is 0 Å². The van der Waals surface area contributed by atoms with Gasteiger partial charge >= 0.3 is 6.18 Å². The minimum Gasteiger partial charge on any atom is -0.381 e. The zero-order valence-electron chi connectivity index (χ0n) is 17.1. The van der Waals surface area contributed by atoms with E-state index in [4.69, 9.17) is 10.5 Å². The molecule has 1 aromatic rings. The van der Waals surface area contributed by atoms with E-state index in [1.165, 1.54) is 6.07 Å². The second kappa shape index (κ2) is 9.52. The van der Waals surface area contributed by atoms with Crippen LogP contribution in [0.15, 0.2) is 18.2 Å². The van der Waals surface area contributed by atoms with Crippen molar-refractivity contribution in [2.24, 2.45) is 11.7 Å². The predicted octanol–water partition coefficient (Wildman–Crippen LogP) is 3.25. The number of anilines is 1. The van der Waals surface area contributed by atoms with E-state index in [0.29, 0.717) is 52.0 Å². The van der Waals surface area contributed by atoms with Gasteiger partial charge in [0.2, 0.25) is 11.8 Å². The number of nitrogens with zero attached hydrogens (tertiary/aromatic N) is 1. The third-order valence-electron chi connectivity index (χ3n) is 5.94. The molecule has 0 spiro atoms. The van der Waals surface area contributed by atoms with Crippen molar-refractivity contribution in [2.75, 3.05) is 31.6 Å². The summed E-state index contributed by atoms with van der Waals surface area (Å²) in [5.41, 5.74) is 4.12. The van der Waals surface area contributed by atoms with Crippen LogP contribution in [0.4, 0.5) is 23.2 Å². The summed E-state index contributed by atoms with van der Waals surface area (Å²) >= 11 is 0. The summed E-state index contributed by atoms with van der Waals surface area (Å²) in [6.07, 6.45) is -2.36. The highest BCUT2D eigenvalue weighted by Gasteiger charge is 2.40. The van der Waals surface area contributed by atoms with E-state index in [2.05, 4.69) is 5.32 Å². The molecule has 2 fully saturated rings. The van der Waals surface area contributed by atoms with Crippen molar-refractivity contribution in [3.8, 4) is 0 Å². The number of piperidine rings is 1. The number of carbonyl (C=O) groups is 2. The van der Waals surface area contributed by atoms with Gasteiger partial charge in [0.1, 0.15) is 6.67 Å². The van der Waals surface area contributed by atoms with Gasteiger partial charge in [0.15, 0.2) is 0 Å². The number of likely N-dealkylation sites (tertiary alicyclic amines) is 1. The van der Waals surface area contributed by atoms with E-state index in [9.17, 15) is 27.2 Å². The third-order valence-corrected chi connectivity index (χ3v) is 5.94. The lowest BCUT2D eigenvalue weighted by molar-refractivity contribution is -0.142. The van der Waals surface area contributed by atoms with Gasteiger partial charge in [-0.3, -0.25) is 9.59 Å². The van der Waals surface area contributed by atoms with Gasteiger partial charge in [-0.1, -0.05) is 0 Å². The summed E-state index contributed by atoms with van der Waals surface area (Å²) in [5.74, 6) is -0.533. The Morgan fingerprint density at radius 3 is 2.39 bits per heavy atom. The highest BCUT2D eigenvalue weighted by atomic mass is 19.4. The average molecular weight is 445 g/mol. The fourth-order valence-corrected chi connectivity index (χ4v) is 4.08. The number of rotatable bonds is 5. The molecule has 0 saturated carbocycles. The van der Waals surface area contributed by atoms with Gasteiger partial charge in [-0.2, -0.15) is 13.2 Å². The lowest BCUT2D eigenvalue weighted by atomic mass is 9.87. The molecule has 1 aromatic carbocycles. The second-order valence-electron chi connectivity index (χ2n) is 8.31. The van der Waals surface area contributed by atoms with E-state index in [-0.39, 0.29) is 29.5 Å². The van der Waals surface area contributed by atoms with Crippen molar-refractivity contribution in [3.63, 3.8) is 0 Å². The second-order valence-corrected chi connectivity index (χ2v) is 8.31. The van der Waals surface area contributed by atoms with Crippen molar-refractivity contribution in [1.29, 1.82) is 0 Å². The van der Waals surface area contributed by atoms with Crippen molar-refractivity contribution in [2.45, 2.75) is 50.5 Å². The summed E-state index contributed by atoms with van der Waals surface area (Å²) in [5, 5.41) is 2.45. The minimum absolute atomic E-state index is 0.00101. The number of nitrogens with two attached hydrogens (primary N) is 1. The molecule has 0 radical (unpaired) electrons. The molecule has 0 unspecified atom stereocenters. The van der Waals surface area contributed by atoms with Crippen molar-refractivity contribution < 1.29 is 31.9 Å². The maximum atomic E-state index is 13.0. The van der Waals surface area contributed by atoms with Crippen LogP contribution in [0.2, 0.25) is 0 Å². The van der Waals surface area contributed by atoms with Crippen LogP contribution in [0.5, 0.6) is 0 Å². The maximum absolute atomic E-state index is 13.0. The number of nitrogens with one attached hydrogen (secondary N) is 1. The number of hydrogen-bond acceptors (Lipinski definition) is 4. The molecule has 2 aliphatic rings. The van der Waals surface area contributed by atoms with Crippen molar-refractivity contribution in [3.05, 3.63) is 29.3 Å². The third kappa shape index (κ3) is 5.94. The van der Waals surface area contributed by atoms with E-state index in [0.717, 1.165) is 12.1 Å². The molecular formula is C21H27F4N3O3. The zero-order chi connectivity index (χ0) is 22.6. The molecule has 3 rings (SSSR count). The zero-order valence-corrected chi connectivity index (χ0v) is 17.1. The van der Waals surface area contributed by atoms with Crippen LogP contribution in [-0.2, 0) is 27.2 Å². The van der Waals surface area contributed by atoms with E-state index in [1.807, 2.05) is 0 Å². The van der Waals surface area contributed by atoms with Crippen molar-refractivity contribution in [1.82, 2.24) is 4.90 Å². The topological polar surface area (TPSA) is 84.7 Å². The van der Waals surface area contributed by atoms with E-state index in [1.54, 1.807) is 4.90 Å². The molecule has 0 bridgehead atoms. The molecule has 172 valence electrons. The number of ether oxygens (including phenoxy) is 1. The highest BCUT2D eigenvalue weighted by molar-refractivity contribution is 5.91. The first-order chi connectivity index (χ1) is 14.6. The molecule has 10 heteroatoms. The first kappa shape index (κ1) is 23.5. The van der Waals surface area contributed by atoms with Crippen molar-refractivity contribution >= 4 is 17.5 Å². The largest absolute Gasteiger partial charge is 0.416 e. The first-order valence-corrected chi connectivity index (χ1v) is 10.3. The Morgan fingerprint density at radius 1 is 1.16 bits per heavy atom. The van der Waals surface area contributed by atoms with Crippen LogP contribution < -0.4 is 11.1 Å². The van der Waals surface area contributed by atoms with Crippen LogP contribution in [0, 0.1) is 5.92 Å². The Kier molecular flexibility index (Phi) is 7.20. The number of carbonyl (C=O) groups excluding carboxylic acids is 2. The molecule has 0 aliphatic carbocycles. The number of benzene rings is 1. The maximum Gasteiger partial charge on any atom is 0.416 e. The standard InChI is InChI=1S/C21H27F4N3O3/c22-13-15-9-16(21(23,24)25)12-17(10-15)27-18(29)11-14-1-5-28(6-2-14)19(30)20(26)3-7-31-8-4-20/h9-10,12,14H,1-8,11,13,26H2,(H,27,29). The van der Waals surface area contributed by atoms with Crippen LogP contribution >= 0.6 is 0 Å². The van der Waals surface area contributed by atoms with Crippen LogP contribution in [0.3, 0.4) is 0 Å². The monoisotopic (exact) mass is 445 g/mol. The Hall–Kier alpha value is -2.20. The van der Waals surface area contributed by atoms with E-state index < -0.39 is 29.9 Å². The fraction of sp³-hybridized carbons (Fsp3) is 0.619. The molecule has 31 heavy (non-hydrogen) atoms. The number of halogens is 4. The quantitative estimate of drug-likeness (QED) is 0.682. The van der Waals surface area contributed by atoms with Crippen LogP contribution in [0.1, 0.15) is 43.2 Å². The number of amides is 2. The average Bonchev–Trinajstić information content (AvgIpc) is 2.73.